The SMILES string of the molecule is CCc1ccc(OCC(=O)N(Cc2ccc(Cl)c(Cl)c2)C(C)C(=O)NC(C)(C)C)c(Br)c1. The lowest BCUT2D eigenvalue weighted by Crippen LogP contribution is -2.53. The zero-order valence-electron chi connectivity index (χ0n) is 19.0. The zero-order valence-corrected chi connectivity index (χ0v) is 22.1. The Bertz CT molecular complexity index is 976. The standard InChI is InChI=1S/C24H29BrCl2N2O3/c1-6-16-8-10-21(18(25)11-16)32-14-22(30)29(15(2)23(31)28-24(3,4)5)13-17-7-9-19(26)20(27)12-17/h7-12,15H,6,13-14H2,1-5H3,(H,28,31). The number of carbonyl (C=O) groups excluding carboxylic acids is 2. The van der Waals surface area contributed by atoms with Gasteiger partial charge in [-0.05, 0) is 85.4 Å². The van der Waals surface area contributed by atoms with E-state index in [1.54, 1.807) is 25.1 Å². The molecule has 1 unspecified atom stereocenters. The van der Waals surface area contributed by atoms with Crippen LogP contribution in [0.15, 0.2) is 40.9 Å². The Labute approximate surface area is 208 Å². The molecule has 174 valence electrons. The zero-order chi connectivity index (χ0) is 24.1. The van der Waals surface area contributed by atoms with Crippen LogP contribution in [-0.2, 0) is 22.6 Å². The number of benzene rings is 2. The van der Waals surface area contributed by atoms with Gasteiger partial charge in [0.15, 0.2) is 6.61 Å². The molecule has 0 fully saturated rings. The second kappa shape index (κ2) is 11.4. The average Bonchev–Trinajstić information content (AvgIpc) is 2.71. The third-order valence-corrected chi connectivity index (χ3v) is 6.12. The van der Waals surface area contributed by atoms with Crippen molar-refractivity contribution >= 4 is 50.9 Å². The third kappa shape index (κ3) is 7.68. The molecule has 8 heteroatoms. The van der Waals surface area contributed by atoms with Crippen molar-refractivity contribution in [2.45, 2.75) is 59.2 Å². The molecule has 5 nitrogen and oxygen atoms in total. The summed E-state index contributed by atoms with van der Waals surface area (Å²) in [5, 5.41) is 3.74. The van der Waals surface area contributed by atoms with Gasteiger partial charge in [0.25, 0.3) is 5.91 Å². The van der Waals surface area contributed by atoms with E-state index >= 15 is 0 Å². The summed E-state index contributed by atoms with van der Waals surface area (Å²) >= 11 is 15.7. The van der Waals surface area contributed by atoms with Gasteiger partial charge in [-0.3, -0.25) is 9.59 Å². The lowest BCUT2D eigenvalue weighted by Gasteiger charge is -2.31. The number of aryl methyl sites for hydroxylation is 1. The van der Waals surface area contributed by atoms with E-state index in [4.69, 9.17) is 27.9 Å². The van der Waals surface area contributed by atoms with Gasteiger partial charge in [0.1, 0.15) is 11.8 Å². The second-order valence-electron chi connectivity index (χ2n) is 8.59. The van der Waals surface area contributed by atoms with Gasteiger partial charge >= 0.3 is 0 Å². The fourth-order valence-electron chi connectivity index (χ4n) is 3.00. The molecule has 32 heavy (non-hydrogen) atoms. The molecule has 0 saturated heterocycles. The lowest BCUT2D eigenvalue weighted by atomic mass is 10.1. The molecule has 0 bridgehead atoms. The van der Waals surface area contributed by atoms with Crippen molar-refractivity contribution < 1.29 is 14.3 Å². The minimum Gasteiger partial charge on any atom is -0.483 e. The Morgan fingerprint density at radius 1 is 1.09 bits per heavy atom. The number of nitrogens with one attached hydrogen (secondary N) is 1. The molecule has 0 aliphatic carbocycles. The molecule has 0 aliphatic rings. The van der Waals surface area contributed by atoms with E-state index in [0.29, 0.717) is 15.8 Å². The number of halogens is 3. The van der Waals surface area contributed by atoms with Gasteiger partial charge in [0.2, 0.25) is 5.91 Å². The highest BCUT2D eigenvalue weighted by Gasteiger charge is 2.29. The van der Waals surface area contributed by atoms with Gasteiger partial charge in [0.05, 0.1) is 14.5 Å². The van der Waals surface area contributed by atoms with E-state index in [2.05, 4.69) is 28.2 Å². The van der Waals surface area contributed by atoms with Crippen LogP contribution in [0.3, 0.4) is 0 Å². The predicted molar refractivity (Wildman–Crippen MR) is 133 cm³/mol. The highest BCUT2D eigenvalue weighted by Crippen LogP contribution is 2.27. The average molecular weight is 544 g/mol. The van der Waals surface area contributed by atoms with Crippen LogP contribution in [0.4, 0.5) is 0 Å². The van der Waals surface area contributed by atoms with E-state index < -0.39 is 11.6 Å². The van der Waals surface area contributed by atoms with Crippen LogP contribution in [0.25, 0.3) is 0 Å². The van der Waals surface area contributed by atoms with Crippen LogP contribution in [0, 0.1) is 0 Å². The summed E-state index contributed by atoms with van der Waals surface area (Å²) in [6, 6.07) is 10.2. The first kappa shape index (κ1) is 26.5. The van der Waals surface area contributed by atoms with Crippen molar-refractivity contribution in [1.82, 2.24) is 10.2 Å². The summed E-state index contributed by atoms with van der Waals surface area (Å²) in [5.74, 6) is -0.00433. The van der Waals surface area contributed by atoms with Gasteiger partial charge in [0, 0.05) is 12.1 Å². The summed E-state index contributed by atoms with van der Waals surface area (Å²) in [6.07, 6.45) is 0.898. The van der Waals surface area contributed by atoms with Gasteiger partial charge in [-0.2, -0.15) is 0 Å². The molecule has 0 heterocycles. The number of ether oxygens (including phenoxy) is 1. The number of carbonyl (C=O) groups is 2. The quantitative estimate of drug-likeness (QED) is 0.442. The maximum absolute atomic E-state index is 13.2. The molecular formula is C24H29BrCl2N2O3. The van der Waals surface area contributed by atoms with Crippen LogP contribution >= 0.6 is 39.1 Å². The van der Waals surface area contributed by atoms with E-state index in [-0.39, 0.29) is 25.0 Å². The van der Waals surface area contributed by atoms with E-state index in [9.17, 15) is 9.59 Å². The fourth-order valence-corrected chi connectivity index (χ4v) is 3.86. The molecule has 0 saturated carbocycles. The first-order valence-corrected chi connectivity index (χ1v) is 11.9. The molecule has 0 radical (unpaired) electrons. The first-order valence-electron chi connectivity index (χ1n) is 10.4. The van der Waals surface area contributed by atoms with Gasteiger partial charge in [-0.15, -0.1) is 0 Å². The molecule has 0 aromatic heterocycles. The Morgan fingerprint density at radius 3 is 2.31 bits per heavy atom. The van der Waals surface area contributed by atoms with E-state index in [1.807, 2.05) is 39.0 Å². The topological polar surface area (TPSA) is 58.6 Å². The minimum absolute atomic E-state index is 0.188. The monoisotopic (exact) mass is 542 g/mol. The van der Waals surface area contributed by atoms with Crippen molar-refractivity contribution in [3.63, 3.8) is 0 Å². The van der Waals surface area contributed by atoms with Crippen molar-refractivity contribution in [3.05, 3.63) is 62.0 Å². The predicted octanol–water partition coefficient (Wildman–Crippen LogP) is 6.03. The molecular weight excluding hydrogens is 515 g/mol. The summed E-state index contributed by atoms with van der Waals surface area (Å²) in [7, 11) is 0. The van der Waals surface area contributed by atoms with Crippen molar-refractivity contribution in [3.8, 4) is 5.75 Å². The van der Waals surface area contributed by atoms with Crippen LogP contribution in [-0.4, -0.2) is 34.9 Å². The van der Waals surface area contributed by atoms with Crippen LogP contribution in [0.2, 0.25) is 10.0 Å². The number of rotatable bonds is 8. The van der Waals surface area contributed by atoms with Crippen molar-refractivity contribution in [2.75, 3.05) is 6.61 Å². The molecule has 0 aliphatic heterocycles. The highest BCUT2D eigenvalue weighted by atomic mass is 79.9. The number of nitrogens with zero attached hydrogens (tertiary/aromatic N) is 1. The maximum Gasteiger partial charge on any atom is 0.261 e. The lowest BCUT2D eigenvalue weighted by molar-refractivity contribution is -0.142. The number of hydrogen-bond donors (Lipinski definition) is 1. The fraction of sp³-hybridized carbons (Fsp3) is 0.417. The van der Waals surface area contributed by atoms with Crippen molar-refractivity contribution in [2.24, 2.45) is 0 Å². The molecule has 2 aromatic carbocycles. The minimum atomic E-state index is -0.717. The van der Waals surface area contributed by atoms with E-state index in [1.165, 1.54) is 4.90 Å². The van der Waals surface area contributed by atoms with Gasteiger partial charge < -0.3 is 15.0 Å². The molecule has 0 spiro atoms. The Hall–Kier alpha value is -1.76. The van der Waals surface area contributed by atoms with Crippen LogP contribution in [0.1, 0.15) is 45.7 Å². The summed E-state index contributed by atoms with van der Waals surface area (Å²) in [5.41, 5.74) is 1.49. The summed E-state index contributed by atoms with van der Waals surface area (Å²) in [4.78, 5) is 27.5. The smallest absolute Gasteiger partial charge is 0.261 e. The molecule has 1 atom stereocenters. The largest absolute Gasteiger partial charge is 0.483 e. The first-order chi connectivity index (χ1) is 14.9. The Morgan fingerprint density at radius 2 is 1.75 bits per heavy atom. The second-order valence-corrected chi connectivity index (χ2v) is 10.3. The van der Waals surface area contributed by atoms with E-state index in [0.717, 1.165) is 22.0 Å². The molecule has 2 amide bonds. The third-order valence-electron chi connectivity index (χ3n) is 4.76. The molecule has 2 rings (SSSR count). The maximum atomic E-state index is 13.2. The van der Waals surface area contributed by atoms with Gasteiger partial charge in [-0.25, -0.2) is 0 Å². The Balaban J connectivity index is 2.22. The summed E-state index contributed by atoms with van der Waals surface area (Å²) in [6.45, 7) is 9.42. The Kier molecular flexibility index (Phi) is 9.43. The number of amides is 2. The van der Waals surface area contributed by atoms with Crippen LogP contribution in [0.5, 0.6) is 5.75 Å². The summed E-state index contributed by atoms with van der Waals surface area (Å²) < 4.78 is 6.55. The van der Waals surface area contributed by atoms with Crippen molar-refractivity contribution in [1.29, 1.82) is 0 Å². The van der Waals surface area contributed by atoms with Crippen LogP contribution < -0.4 is 10.1 Å². The molecule has 1 N–H and O–H groups in total. The van der Waals surface area contributed by atoms with Gasteiger partial charge in [-0.1, -0.05) is 42.3 Å². The normalized spacial score (nSPS) is 12.2. The highest BCUT2D eigenvalue weighted by molar-refractivity contribution is 9.10. The molecule has 2 aromatic rings. The number of hydrogen-bond acceptors (Lipinski definition) is 3.